The summed E-state index contributed by atoms with van der Waals surface area (Å²) in [5.74, 6) is 0.755. The first-order valence-electron chi connectivity index (χ1n) is 7.72. The van der Waals surface area contributed by atoms with Crippen molar-refractivity contribution in [3.63, 3.8) is 0 Å². The molecule has 4 heteroatoms. The molecule has 4 nitrogen and oxygen atoms in total. The summed E-state index contributed by atoms with van der Waals surface area (Å²) in [4.78, 5) is 13.4. The summed E-state index contributed by atoms with van der Waals surface area (Å²) in [5, 5.41) is 12.8. The standard InChI is InChI=1S/C15H30N2O2/c1-4-5-14(15(18)19)17-8-6-13(7-9-17)11-16-10-12(2)3/h12-14,16H,4-11H2,1-3H3,(H,18,19). The fourth-order valence-corrected chi connectivity index (χ4v) is 2.78. The molecule has 0 spiro atoms. The van der Waals surface area contributed by atoms with Crippen LogP contribution >= 0.6 is 0 Å². The molecule has 1 heterocycles. The lowest BCUT2D eigenvalue weighted by molar-refractivity contribution is -0.144. The SMILES string of the molecule is CCCC(C(=O)O)N1CCC(CNCC(C)C)CC1. The van der Waals surface area contributed by atoms with Crippen LogP contribution in [0.25, 0.3) is 0 Å². The number of carboxylic acids is 1. The van der Waals surface area contributed by atoms with E-state index in [4.69, 9.17) is 0 Å². The van der Waals surface area contributed by atoms with E-state index in [-0.39, 0.29) is 6.04 Å². The topological polar surface area (TPSA) is 52.6 Å². The number of piperidine rings is 1. The van der Waals surface area contributed by atoms with Crippen LogP contribution in [0.15, 0.2) is 0 Å². The highest BCUT2D eigenvalue weighted by Crippen LogP contribution is 2.20. The van der Waals surface area contributed by atoms with Crippen LogP contribution in [0.2, 0.25) is 0 Å². The Morgan fingerprint density at radius 1 is 1.37 bits per heavy atom. The molecule has 0 aromatic heterocycles. The van der Waals surface area contributed by atoms with Crippen LogP contribution in [0.3, 0.4) is 0 Å². The smallest absolute Gasteiger partial charge is 0.320 e. The molecule has 2 N–H and O–H groups in total. The lowest BCUT2D eigenvalue weighted by Gasteiger charge is -2.35. The lowest BCUT2D eigenvalue weighted by Crippen LogP contribution is -2.46. The first kappa shape index (κ1) is 16.4. The van der Waals surface area contributed by atoms with Gasteiger partial charge in [0, 0.05) is 0 Å². The Morgan fingerprint density at radius 2 is 2.00 bits per heavy atom. The van der Waals surface area contributed by atoms with Crippen LogP contribution in [0.5, 0.6) is 0 Å². The molecule has 1 atom stereocenters. The number of nitrogens with one attached hydrogen (secondary N) is 1. The minimum absolute atomic E-state index is 0.269. The highest BCUT2D eigenvalue weighted by atomic mass is 16.4. The Balaban J connectivity index is 2.29. The average Bonchev–Trinajstić information content (AvgIpc) is 2.36. The van der Waals surface area contributed by atoms with Crippen LogP contribution < -0.4 is 5.32 Å². The minimum atomic E-state index is -0.654. The van der Waals surface area contributed by atoms with Crippen molar-refractivity contribution in [3.05, 3.63) is 0 Å². The van der Waals surface area contributed by atoms with Crippen LogP contribution in [-0.2, 0) is 4.79 Å². The maximum atomic E-state index is 11.3. The lowest BCUT2D eigenvalue weighted by atomic mass is 9.94. The third-order valence-corrected chi connectivity index (χ3v) is 3.92. The van der Waals surface area contributed by atoms with Gasteiger partial charge < -0.3 is 10.4 Å². The molecule has 0 aliphatic carbocycles. The maximum absolute atomic E-state index is 11.3. The van der Waals surface area contributed by atoms with Gasteiger partial charge in [0.05, 0.1) is 0 Å². The Labute approximate surface area is 117 Å². The van der Waals surface area contributed by atoms with Crippen LogP contribution in [-0.4, -0.2) is 48.2 Å². The number of carbonyl (C=O) groups is 1. The van der Waals surface area contributed by atoms with Crippen molar-refractivity contribution in [1.29, 1.82) is 0 Å². The Morgan fingerprint density at radius 3 is 2.47 bits per heavy atom. The first-order chi connectivity index (χ1) is 9.04. The van der Waals surface area contributed by atoms with Gasteiger partial charge in [-0.2, -0.15) is 0 Å². The van der Waals surface area contributed by atoms with E-state index in [2.05, 4.69) is 31.0 Å². The molecular formula is C15H30N2O2. The van der Waals surface area contributed by atoms with Crippen LogP contribution in [0.4, 0.5) is 0 Å². The number of carboxylic acid groups (broad SMARTS) is 1. The van der Waals surface area contributed by atoms with Gasteiger partial charge in [0.2, 0.25) is 0 Å². The first-order valence-corrected chi connectivity index (χ1v) is 7.72. The second-order valence-corrected chi connectivity index (χ2v) is 6.17. The zero-order chi connectivity index (χ0) is 14.3. The van der Waals surface area contributed by atoms with Crippen molar-refractivity contribution >= 4 is 5.97 Å². The molecule has 1 aliphatic rings. The number of hydrogen-bond donors (Lipinski definition) is 2. The van der Waals surface area contributed by atoms with Crippen molar-refractivity contribution in [2.24, 2.45) is 11.8 Å². The predicted octanol–water partition coefficient (Wildman–Crippen LogP) is 2.20. The fourth-order valence-electron chi connectivity index (χ4n) is 2.78. The van der Waals surface area contributed by atoms with Gasteiger partial charge in [0.15, 0.2) is 0 Å². The van der Waals surface area contributed by atoms with Gasteiger partial charge in [-0.05, 0) is 57.3 Å². The molecule has 0 aromatic carbocycles. The summed E-state index contributed by atoms with van der Waals surface area (Å²) in [6, 6.07) is -0.269. The van der Waals surface area contributed by atoms with Gasteiger partial charge in [0.1, 0.15) is 6.04 Å². The molecule has 0 radical (unpaired) electrons. The van der Waals surface area contributed by atoms with E-state index in [1.807, 2.05) is 0 Å². The monoisotopic (exact) mass is 270 g/mol. The largest absolute Gasteiger partial charge is 0.480 e. The van der Waals surface area contributed by atoms with Gasteiger partial charge in [-0.25, -0.2) is 0 Å². The summed E-state index contributed by atoms with van der Waals surface area (Å²) >= 11 is 0. The molecule has 1 saturated heterocycles. The van der Waals surface area contributed by atoms with E-state index >= 15 is 0 Å². The maximum Gasteiger partial charge on any atom is 0.320 e. The molecule has 0 bridgehead atoms. The molecular weight excluding hydrogens is 240 g/mol. The normalized spacial score (nSPS) is 19.8. The van der Waals surface area contributed by atoms with E-state index in [0.29, 0.717) is 11.8 Å². The van der Waals surface area contributed by atoms with Gasteiger partial charge in [-0.1, -0.05) is 27.2 Å². The Hall–Kier alpha value is -0.610. The predicted molar refractivity (Wildman–Crippen MR) is 78.3 cm³/mol. The Bertz CT molecular complexity index is 261. The summed E-state index contributed by atoms with van der Waals surface area (Å²) in [5.41, 5.74) is 0. The third-order valence-electron chi connectivity index (χ3n) is 3.92. The zero-order valence-corrected chi connectivity index (χ0v) is 12.7. The highest BCUT2D eigenvalue weighted by Gasteiger charge is 2.28. The number of nitrogens with zero attached hydrogens (tertiary/aromatic N) is 1. The summed E-state index contributed by atoms with van der Waals surface area (Å²) in [6.07, 6.45) is 3.95. The van der Waals surface area contributed by atoms with Gasteiger partial charge in [-0.3, -0.25) is 9.69 Å². The van der Waals surface area contributed by atoms with Crippen molar-refractivity contribution in [2.75, 3.05) is 26.2 Å². The summed E-state index contributed by atoms with van der Waals surface area (Å²) in [7, 11) is 0. The minimum Gasteiger partial charge on any atom is -0.480 e. The average molecular weight is 270 g/mol. The molecule has 0 amide bonds. The van der Waals surface area contributed by atoms with Crippen LogP contribution in [0.1, 0.15) is 46.5 Å². The molecule has 0 aromatic rings. The van der Waals surface area contributed by atoms with Crippen molar-refractivity contribution in [3.8, 4) is 0 Å². The molecule has 1 fully saturated rings. The van der Waals surface area contributed by atoms with Gasteiger partial charge >= 0.3 is 5.97 Å². The van der Waals surface area contributed by atoms with Crippen molar-refractivity contribution < 1.29 is 9.90 Å². The van der Waals surface area contributed by atoms with E-state index in [1.165, 1.54) is 0 Å². The van der Waals surface area contributed by atoms with Gasteiger partial charge in [-0.15, -0.1) is 0 Å². The molecule has 0 saturated carbocycles. The molecule has 1 unspecified atom stereocenters. The van der Waals surface area contributed by atoms with Crippen molar-refractivity contribution in [2.45, 2.75) is 52.5 Å². The van der Waals surface area contributed by atoms with Crippen LogP contribution in [0, 0.1) is 11.8 Å². The number of hydrogen-bond acceptors (Lipinski definition) is 3. The second-order valence-electron chi connectivity index (χ2n) is 6.17. The molecule has 1 aliphatic heterocycles. The fraction of sp³-hybridized carbons (Fsp3) is 0.933. The third kappa shape index (κ3) is 5.91. The molecule has 19 heavy (non-hydrogen) atoms. The summed E-state index contributed by atoms with van der Waals surface area (Å²) < 4.78 is 0. The quantitative estimate of drug-likeness (QED) is 0.710. The van der Waals surface area contributed by atoms with E-state index < -0.39 is 5.97 Å². The highest BCUT2D eigenvalue weighted by molar-refractivity contribution is 5.73. The number of likely N-dealkylation sites (tertiary alicyclic amines) is 1. The number of aliphatic carboxylic acids is 1. The van der Waals surface area contributed by atoms with E-state index in [1.54, 1.807) is 0 Å². The zero-order valence-electron chi connectivity index (χ0n) is 12.7. The second kappa shape index (κ2) is 8.54. The van der Waals surface area contributed by atoms with E-state index in [9.17, 15) is 9.90 Å². The van der Waals surface area contributed by atoms with E-state index in [0.717, 1.165) is 51.9 Å². The van der Waals surface area contributed by atoms with Gasteiger partial charge in [0.25, 0.3) is 0 Å². The Kier molecular flexibility index (Phi) is 7.39. The van der Waals surface area contributed by atoms with Crippen molar-refractivity contribution in [1.82, 2.24) is 10.2 Å². The number of rotatable bonds is 8. The summed E-state index contributed by atoms with van der Waals surface area (Å²) in [6.45, 7) is 10.5. The molecule has 112 valence electrons. The molecule has 1 rings (SSSR count).